The second-order valence-corrected chi connectivity index (χ2v) is 7.61. The number of aliphatic hydroxyl groups is 1. The lowest BCUT2D eigenvalue weighted by Gasteiger charge is -2.23. The maximum Gasteiger partial charge on any atom is 0.300 e. The lowest BCUT2D eigenvalue weighted by atomic mass is 9.98. The molecule has 0 radical (unpaired) electrons. The van der Waals surface area contributed by atoms with Crippen molar-refractivity contribution < 1.29 is 32.6 Å². The van der Waals surface area contributed by atoms with Gasteiger partial charge in [0.2, 0.25) is 0 Å². The van der Waals surface area contributed by atoms with Crippen molar-refractivity contribution >= 4 is 23.1 Å². The number of Topliss-reactive ketones (excluding diaryl/α,β-unsaturated/α-hetero) is 1. The Kier molecular flexibility index (Phi) is 6.00. The zero-order valence-corrected chi connectivity index (χ0v) is 18.0. The van der Waals surface area contributed by atoms with Crippen molar-refractivity contribution in [3.63, 3.8) is 0 Å². The number of carbonyl (C=O) groups excluding carboxylic acids is 2. The first-order chi connectivity index (χ1) is 15.8. The van der Waals surface area contributed by atoms with E-state index in [-0.39, 0.29) is 22.6 Å². The molecule has 2 heterocycles. The van der Waals surface area contributed by atoms with Gasteiger partial charge in [-0.1, -0.05) is 6.92 Å². The normalized spacial score (nSPS) is 17.6. The molecular formula is C25H21F2NO5. The molecule has 0 saturated carbocycles. The van der Waals surface area contributed by atoms with E-state index < -0.39 is 35.1 Å². The third kappa shape index (κ3) is 4.00. The van der Waals surface area contributed by atoms with Crippen molar-refractivity contribution in [2.24, 2.45) is 0 Å². The molecule has 170 valence electrons. The average molecular weight is 453 g/mol. The van der Waals surface area contributed by atoms with Crippen LogP contribution in [0.4, 0.5) is 14.5 Å². The molecular weight excluding hydrogens is 432 g/mol. The van der Waals surface area contributed by atoms with E-state index in [2.05, 4.69) is 0 Å². The fraction of sp³-hybridized carbons (Fsp3) is 0.200. The number of rotatable bonds is 6. The highest BCUT2D eigenvalue weighted by molar-refractivity contribution is 6.51. The largest absolute Gasteiger partial charge is 0.507 e. The van der Waals surface area contributed by atoms with Crippen LogP contribution in [-0.4, -0.2) is 23.4 Å². The first-order valence-corrected chi connectivity index (χ1v) is 10.4. The fourth-order valence-corrected chi connectivity index (χ4v) is 3.80. The summed E-state index contributed by atoms with van der Waals surface area (Å²) in [6.45, 7) is 4.30. The Balaban J connectivity index is 1.86. The smallest absolute Gasteiger partial charge is 0.300 e. The van der Waals surface area contributed by atoms with Gasteiger partial charge in [0, 0.05) is 11.6 Å². The van der Waals surface area contributed by atoms with Crippen molar-refractivity contribution in [1.29, 1.82) is 0 Å². The summed E-state index contributed by atoms with van der Waals surface area (Å²) >= 11 is 0. The number of ketones is 1. The number of benzene rings is 2. The number of anilines is 1. The zero-order chi connectivity index (χ0) is 23.7. The van der Waals surface area contributed by atoms with Gasteiger partial charge >= 0.3 is 0 Å². The van der Waals surface area contributed by atoms with E-state index in [0.29, 0.717) is 18.4 Å². The molecule has 33 heavy (non-hydrogen) atoms. The number of amides is 1. The summed E-state index contributed by atoms with van der Waals surface area (Å²) in [7, 11) is 0. The van der Waals surface area contributed by atoms with Gasteiger partial charge in [-0.15, -0.1) is 0 Å². The highest BCUT2D eigenvalue weighted by Crippen LogP contribution is 2.43. The number of aliphatic hydroxyl groups excluding tert-OH is 1. The highest BCUT2D eigenvalue weighted by atomic mass is 19.1. The summed E-state index contributed by atoms with van der Waals surface area (Å²) in [6.07, 6.45) is 2.16. The SMILES string of the molecule is CCCOc1ccc(/C(O)=C2/C(=O)C(=O)N(c3ccc(F)cc3F)C2c2ccco2)cc1C. The minimum atomic E-state index is -1.24. The minimum Gasteiger partial charge on any atom is -0.507 e. The molecule has 2 aromatic carbocycles. The molecule has 1 N–H and O–H groups in total. The maximum absolute atomic E-state index is 14.6. The monoisotopic (exact) mass is 453 g/mol. The first-order valence-electron chi connectivity index (χ1n) is 10.4. The Hall–Kier alpha value is -3.94. The number of halogens is 2. The topological polar surface area (TPSA) is 80.0 Å². The molecule has 0 spiro atoms. The van der Waals surface area contributed by atoms with Gasteiger partial charge in [-0.25, -0.2) is 8.78 Å². The van der Waals surface area contributed by atoms with Crippen molar-refractivity contribution in [2.45, 2.75) is 26.3 Å². The molecule has 1 fully saturated rings. The summed E-state index contributed by atoms with van der Waals surface area (Å²) in [5, 5.41) is 11.1. The molecule has 3 aromatic rings. The number of hydrogen-bond acceptors (Lipinski definition) is 5. The van der Waals surface area contributed by atoms with Crippen LogP contribution in [0.1, 0.15) is 36.3 Å². The number of aryl methyl sites for hydroxylation is 1. The standard InChI is InChI=1S/C25H21F2NO5/c1-3-10-32-19-9-6-15(12-14(19)2)23(29)21-22(20-5-4-11-33-20)28(25(31)24(21)30)18-8-7-16(26)13-17(18)27/h4-9,11-13,22,29H,3,10H2,1-2H3/b23-21-. The van der Waals surface area contributed by atoms with E-state index in [4.69, 9.17) is 9.15 Å². The predicted molar refractivity (Wildman–Crippen MR) is 117 cm³/mol. The molecule has 4 rings (SSSR count). The Morgan fingerprint density at radius 1 is 1.15 bits per heavy atom. The Morgan fingerprint density at radius 2 is 1.94 bits per heavy atom. The predicted octanol–water partition coefficient (Wildman–Crippen LogP) is 5.28. The van der Waals surface area contributed by atoms with Gasteiger partial charge in [0.05, 0.1) is 24.1 Å². The Labute approximate surface area is 188 Å². The van der Waals surface area contributed by atoms with Gasteiger partial charge in [0.25, 0.3) is 11.7 Å². The molecule has 1 aliphatic heterocycles. The molecule has 1 atom stereocenters. The Morgan fingerprint density at radius 3 is 2.58 bits per heavy atom. The van der Waals surface area contributed by atoms with Crippen LogP contribution < -0.4 is 9.64 Å². The van der Waals surface area contributed by atoms with Gasteiger partial charge in [0.1, 0.15) is 34.9 Å². The number of carbonyl (C=O) groups is 2. The molecule has 1 amide bonds. The van der Waals surface area contributed by atoms with Crippen LogP contribution in [-0.2, 0) is 9.59 Å². The fourth-order valence-electron chi connectivity index (χ4n) is 3.80. The van der Waals surface area contributed by atoms with Crippen LogP contribution in [0.25, 0.3) is 5.76 Å². The summed E-state index contributed by atoms with van der Waals surface area (Å²) in [5.74, 6) is -3.61. The summed E-state index contributed by atoms with van der Waals surface area (Å²) in [4.78, 5) is 26.8. The van der Waals surface area contributed by atoms with E-state index in [0.717, 1.165) is 29.0 Å². The van der Waals surface area contributed by atoms with Crippen molar-refractivity contribution in [1.82, 2.24) is 0 Å². The molecule has 0 bridgehead atoms. The zero-order valence-electron chi connectivity index (χ0n) is 18.0. The van der Waals surface area contributed by atoms with Gasteiger partial charge in [0.15, 0.2) is 0 Å². The van der Waals surface area contributed by atoms with Crippen molar-refractivity contribution in [3.8, 4) is 5.75 Å². The summed E-state index contributed by atoms with van der Waals surface area (Å²) < 4.78 is 39.1. The second-order valence-electron chi connectivity index (χ2n) is 7.61. The lowest BCUT2D eigenvalue weighted by Crippen LogP contribution is -2.30. The first kappa shape index (κ1) is 22.3. The van der Waals surface area contributed by atoms with Crippen LogP contribution in [0.5, 0.6) is 5.75 Å². The van der Waals surface area contributed by atoms with Crippen LogP contribution in [0, 0.1) is 18.6 Å². The summed E-state index contributed by atoms with van der Waals surface area (Å²) in [6, 6.07) is 9.33. The van der Waals surface area contributed by atoms with Gasteiger partial charge in [-0.2, -0.15) is 0 Å². The third-order valence-electron chi connectivity index (χ3n) is 5.34. The van der Waals surface area contributed by atoms with Gasteiger partial charge in [-0.3, -0.25) is 14.5 Å². The van der Waals surface area contributed by atoms with Gasteiger partial charge in [-0.05, 0) is 61.4 Å². The number of nitrogens with zero attached hydrogens (tertiary/aromatic N) is 1. The van der Waals surface area contributed by atoms with E-state index in [9.17, 15) is 23.5 Å². The molecule has 1 unspecified atom stereocenters. The average Bonchev–Trinajstić information content (AvgIpc) is 3.40. The summed E-state index contributed by atoms with van der Waals surface area (Å²) in [5.41, 5.74) is 0.435. The lowest BCUT2D eigenvalue weighted by molar-refractivity contribution is -0.132. The molecule has 1 saturated heterocycles. The van der Waals surface area contributed by atoms with E-state index in [1.165, 1.54) is 12.3 Å². The maximum atomic E-state index is 14.6. The van der Waals surface area contributed by atoms with Crippen molar-refractivity contribution in [2.75, 3.05) is 11.5 Å². The minimum absolute atomic E-state index is 0.138. The molecule has 6 nitrogen and oxygen atoms in total. The molecule has 1 aromatic heterocycles. The molecule has 8 heteroatoms. The molecule has 1 aliphatic rings. The van der Waals surface area contributed by atoms with E-state index >= 15 is 0 Å². The second kappa shape index (κ2) is 8.90. The van der Waals surface area contributed by atoms with Crippen LogP contribution in [0.2, 0.25) is 0 Å². The quantitative estimate of drug-likeness (QED) is 0.312. The van der Waals surface area contributed by atoms with E-state index in [1.807, 2.05) is 6.92 Å². The highest BCUT2D eigenvalue weighted by Gasteiger charge is 2.49. The Bertz CT molecular complexity index is 1250. The van der Waals surface area contributed by atoms with Crippen LogP contribution in [0.15, 0.2) is 64.8 Å². The third-order valence-corrected chi connectivity index (χ3v) is 5.34. The van der Waals surface area contributed by atoms with Crippen molar-refractivity contribution in [3.05, 3.63) is 88.9 Å². The van der Waals surface area contributed by atoms with Crippen LogP contribution >= 0.6 is 0 Å². The number of furan rings is 1. The van der Waals surface area contributed by atoms with Crippen LogP contribution in [0.3, 0.4) is 0 Å². The molecule has 0 aliphatic carbocycles. The van der Waals surface area contributed by atoms with Gasteiger partial charge < -0.3 is 14.3 Å². The number of ether oxygens (including phenoxy) is 1. The van der Waals surface area contributed by atoms with E-state index in [1.54, 1.807) is 31.2 Å². The number of hydrogen-bond donors (Lipinski definition) is 1.